The van der Waals surface area contributed by atoms with Crippen LogP contribution in [0.5, 0.6) is 5.75 Å². The van der Waals surface area contributed by atoms with E-state index in [4.69, 9.17) is 9.16 Å². The highest BCUT2D eigenvalue weighted by Gasteiger charge is 2.36. The van der Waals surface area contributed by atoms with Gasteiger partial charge in [-0.3, -0.25) is 4.79 Å². The summed E-state index contributed by atoms with van der Waals surface area (Å²) in [4.78, 5) is 11.3. The van der Waals surface area contributed by atoms with E-state index in [0.29, 0.717) is 18.8 Å². The molecule has 4 heteroatoms. The topological polar surface area (TPSA) is 35.5 Å². The Bertz CT molecular complexity index is 461. The van der Waals surface area contributed by atoms with Crippen molar-refractivity contribution in [3.8, 4) is 5.75 Å². The number of carbonyl (C=O) groups excluding carboxylic acids is 1. The Morgan fingerprint density at radius 1 is 1.20 bits per heavy atom. The molecule has 0 saturated carbocycles. The predicted octanol–water partition coefficient (Wildman–Crippen LogP) is 4.29. The third kappa shape index (κ3) is 4.76. The van der Waals surface area contributed by atoms with Crippen molar-refractivity contribution in [2.24, 2.45) is 0 Å². The number of ether oxygens (including phenoxy) is 1. The first-order valence-corrected chi connectivity index (χ1v) is 9.92. The lowest BCUT2D eigenvalue weighted by molar-refractivity contribution is 0.101. The monoisotopic (exact) mass is 294 g/mol. The molecule has 0 aromatic heterocycles. The molecule has 0 heterocycles. The van der Waals surface area contributed by atoms with Crippen molar-refractivity contribution in [2.45, 2.75) is 45.8 Å². The Hall–Kier alpha value is -1.13. The van der Waals surface area contributed by atoms with Crippen LogP contribution < -0.4 is 4.74 Å². The number of Topliss-reactive ketones (excluding diaryl/α,β-unsaturated/α-hetero) is 1. The highest BCUT2D eigenvalue weighted by atomic mass is 28.4. The van der Waals surface area contributed by atoms with Gasteiger partial charge in [-0.05, 0) is 37.2 Å². The summed E-state index contributed by atoms with van der Waals surface area (Å²) in [5, 5.41) is 0.210. The van der Waals surface area contributed by atoms with Gasteiger partial charge in [-0.2, -0.15) is 0 Å². The maximum absolute atomic E-state index is 11.3. The molecule has 0 aliphatic rings. The Morgan fingerprint density at radius 2 is 1.85 bits per heavy atom. The Balaban J connectivity index is 2.46. The van der Waals surface area contributed by atoms with E-state index in [-0.39, 0.29) is 10.8 Å². The van der Waals surface area contributed by atoms with Crippen LogP contribution in [0.1, 0.15) is 38.1 Å². The summed E-state index contributed by atoms with van der Waals surface area (Å²) in [7, 11) is -1.71. The molecule has 1 aromatic rings. The fraction of sp³-hybridized carbons (Fsp3) is 0.562. The quantitative estimate of drug-likeness (QED) is 0.446. The van der Waals surface area contributed by atoms with Crippen molar-refractivity contribution in [1.29, 1.82) is 0 Å². The largest absolute Gasteiger partial charge is 0.491 e. The first-order chi connectivity index (χ1) is 9.13. The maximum Gasteiger partial charge on any atom is 0.192 e. The lowest BCUT2D eigenvalue weighted by Gasteiger charge is -2.36. The van der Waals surface area contributed by atoms with Gasteiger partial charge in [0.15, 0.2) is 14.1 Å². The summed E-state index contributed by atoms with van der Waals surface area (Å²) >= 11 is 0. The van der Waals surface area contributed by atoms with E-state index < -0.39 is 8.32 Å². The zero-order chi connectivity index (χ0) is 15.4. The van der Waals surface area contributed by atoms with E-state index in [0.717, 1.165) is 5.75 Å². The van der Waals surface area contributed by atoms with Crippen LogP contribution in [0.3, 0.4) is 0 Å². The number of carbonyl (C=O) groups is 1. The SMILES string of the molecule is CC(=O)c1cccc(OCCO[Si](C)(C)C(C)(C)C)c1. The average molecular weight is 294 g/mol. The van der Waals surface area contributed by atoms with E-state index in [2.05, 4.69) is 33.9 Å². The minimum Gasteiger partial charge on any atom is -0.491 e. The minimum atomic E-state index is -1.71. The van der Waals surface area contributed by atoms with Gasteiger partial charge < -0.3 is 9.16 Å². The summed E-state index contributed by atoms with van der Waals surface area (Å²) in [5.41, 5.74) is 0.674. The van der Waals surface area contributed by atoms with Gasteiger partial charge in [0.05, 0.1) is 6.61 Å². The van der Waals surface area contributed by atoms with Crippen LogP contribution in [-0.2, 0) is 4.43 Å². The van der Waals surface area contributed by atoms with E-state index in [1.54, 1.807) is 19.1 Å². The summed E-state index contributed by atoms with van der Waals surface area (Å²) in [6, 6.07) is 7.26. The van der Waals surface area contributed by atoms with E-state index in [9.17, 15) is 4.79 Å². The number of hydrogen-bond acceptors (Lipinski definition) is 3. The fourth-order valence-corrected chi connectivity index (χ4v) is 2.50. The standard InChI is InChI=1S/C16H26O3Si/c1-13(17)14-8-7-9-15(12-14)18-10-11-19-20(5,6)16(2,3)4/h7-9,12H,10-11H2,1-6H3. The van der Waals surface area contributed by atoms with Gasteiger partial charge in [0.25, 0.3) is 0 Å². The second-order valence-electron chi connectivity index (χ2n) is 6.54. The zero-order valence-corrected chi connectivity index (χ0v) is 14.4. The molecular weight excluding hydrogens is 268 g/mol. The summed E-state index contributed by atoms with van der Waals surface area (Å²) < 4.78 is 11.7. The van der Waals surface area contributed by atoms with E-state index in [1.807, 2.05) is 12.1 Å². The molecule has 0 amide bonds. The lowest BCUT2D eigenvalue weighted by Crippen LogP contribution is -2.41. The zero-order valence-electron chi connectivity index (χ0n) is 13.4. The van der Waals surface area contributed by atoms with Gasteiger partial charge >= 0.3 is 0 Å². The van der Waals surface area contributed by atoms with E-state index >= 15 is 0 Å². The number of benzene rings is 1. The molecule has 1 rings (SSSR count). The highest BCUT2D eigenvalue weighted by Crippen LogP contribution is 2.36. The summed E-state index contributed by atoms with van der Waals surface area (Å²) in [6.45, 7) is 13.8. The van der Waals surface area contributed by atoms with E-state index in [1.165, 1.54) is 0 Å². The molecule has 20 heavy (non-hydrogen) atoms. The molecule has 112 valence electrons. The van der Waals surface area contributed by atoms with Crippen molar-refractivity contribution >= 4 is 14.1 Å². The van der Waals surface area contributed by atoms with Crippen molar-refractivity contribution in [2.75, 3.05) is 13.2 Å². The van der Waals surface area contributed by atoms with Gasteiger partial charge in [-0.25, -0.2) is 0 Å². The fourth-order valence-electron chi connectivity index (χ4n) is 1.48. The van der Waals surface area contributed by atoms with Crippen molar-refractivity contribution in [3.63, 3.8) is 0 Å². The molecule has 0 unspecified atom stereocenters. The number of rotatable bonds is 6. The summed E-state index contributed by atoms with van der Waals surface area (Å²) in [5.74, 6) is 0.768. The molecule has 0 atom stereocenters. The second-order valence-corrected chi connectivity index (χ2v) is 11.4. The van der Waals surface area contributed by atoms with Gasteiger partial charge in [0.1, 0.15) is 12.4 Å². The third-order valence-electron chi connectivity index (χ3n) is 3.86. The average Bonchev–Trinajstić information content (AvgIpc) is 2.33. The molecule has 0 spiro atoms. The van der Waals surface area contributed by atoms with Gasteiger partial charge in [-0.1, -0.05) is 32.9 Å². The van der Waals surface area contributed by atoms with Crippen LogP contribution >= 0.6 is 0 Å². The van der Waals surface area contributed by atoms with Crippen molar-refractivity contribution in [3.05, 3.63) is 29.8 Å². The number of ketones is 1. The van der Waals surface area contributed by atoms with Gasteiger partial charge in [0.2, 0.25) is 0 Å². The van der Waals surface area contributed by atoms with Crippen molar-refractivity contribution in [1.82, 2.24) is 0 Å². The molecule has 0 saturated heterocycles. The first-order valence-electron chi connectivity index (χ1n) is 7.01. The van der Waals surface area contributed by atoms with Crippen LogP contribution in [0.4, 0.5) is 0 Å². The smallest absolute Gasteiger partial charge is 0.192 e. The lowest BCUT2D eigenvalue weighted by atomic mass is 10.1. The third-order valence-corrected chi connectivity index (χ3v) is 8.40. The molecule has 0 fully saturated rings. The van der Waals surface area contributed by atoms with Crippen LogP contribution in [-0.4, -0.2) is 27.3 Å². The molecule has 1 aromatic carbocycles. The molecule has 0 bridgehead atoms. The predicted molar refractivity (Wildman–Crippen MR) is 85.1 cm³/mol. The number of hydrogen-bond donors (Lipinski definition) is 0. The molecule has 0 radical (unpaired) electrons. The Labute approximate surface area is 123 Å². The van der Waals surface area contributed by atoms with Crippen LogP contribution in [0.2, 0.25) is 18.1 Å². The van der Waals surface area contributed by atoms with Crippen LogP contribution in [0, 0.1) is 0 Å². The molecule has 0 aliphatic carbocycles. The Kier molecular flexibility index (Phi) is 5.54. The highest BCUT2D eigenvalue weighted by molar-refractivity contribution is 6.74. The normalized spacial score (nSPS) is 12.3. The van der Waals surface area contributed by atoms with Gasteiger partial charge in [-0.15, -0.1) is 0 Å². The minimum absolute atomic E-state index is 0.0490. The van der Waals surface area contributed by atoms with Crippen molar-refractivity contribution < 1.29 is 14.0 Å². The summed E-state index contributed by atoms with van der Waals surface area (Å²) in [6.07, 6.45) is 0. The molecular formula is C16H26O3Si. The Morgan fingerprint density at radius 3 is 2.40 bits per heavy atom. The van der Waals surface area contributed by atoms with Gasteiger partial charge in [0, 0.05) is 5.56 Å². The molecule has 0 N–H and O–H groups in total. The molecule has 0 aliphatic heterocycles. The van der Waals surface area contributed by atoms with Crippen LogP contribution in [0.15, 0.2) is 24.3 Å². The molecule has 3 nitrogen and oxygen atoms in total. The second kappa shape index (κ2) is 6.55. The maximum atomic E-state index is 11.3. The van der Waals surface area contributed by atoms with Crippen LogP contribution in [0.25, 0.3) is 0 Å². The first kappa shape index (κ1) is 16.9.